The standard InChI is InChI=1S/C15H22N2O2/c1-11-3-4-13(7-14(11)19-2)9-17-15(18)10-16-8-12-5-6-12/h3-4,7,12,16H,5-6,8-10H2,1-2H3,(H,17,18). The molecule has 0 heterocycles. The lowest BCUT2D eigenvalue weighted by Gasteiger charge is -2.09. The van der Waals surface area contributed by atoms with Gasteiger partial charge in [-0.3, -0.25) is 4.79 Å². The first kappa shape index (κ1) is 13.9. The number of hydrogen-bond donors (Lipinski definition) is 2. The molecule has 0 unspecified atom stereocenters. The van der Waals surface area contributed by atoms with Crippen molar-refractivity contribution in [3.8, 4) is 5.75 Å². The number of ether oxygens (including phenoxy) is 1. The number of methoxy groups -OCH3 is 1. The smallest absolute Gasteiger partial charge is 0.234 e. The maximum atomic E-state index is 11.6. The summed E-state index contributed by atoms with van der Waals surface area (Å²) >= 11 is 0. The Morgan fingerprint density at radius 1 is 1.42 bits per heavy atom. The van der Waals surface area contributed by atoms with Crippen LogP contribution in [0.25, 0.3) is 0 Å². The van der Waals surface area contributed by atoms with Crippen LogP contribution in [0.5, 0.6) is 5.75 Å². The zero-order valence-corrected chi connectivity index (χ0v) is 11.7. The molecule has 0 aromatic heterocycles. The van der Waals surface area contributed by atoms with E-state index in [1.54, 1.807) is 7.11 Å². The summed E-state index contributed by atoms with van der Waals surface area (Å²) in [6.45, 7) is 3.91. The minimum Gasteiger partial charge on any atom is -0.496 e. The Morgan fingerprint density at radius 2 is 2.21 bits per heavy atom. The molecule has 0 radical (unpaired) electrons. The number of hydrogen-bond acceptors (Lipinski definition) is 3. The molecule has 2 rings (SSSR count). The lowest BCUT2D eigenvalue weighted by Crippen LogP contribution is -2.34. The largest absolute Gasteiger partial charge is 0.496 e. The van der Waals surface area contributed by atoms with E-state index in [2.05, 4.69) is 10.6 Å². The summed E-state index contributed by atoms with van der Waals surface area (Å²) in [5.74, 6) is 1.70. The highest BCUT2D eigenvalue weighted by Gasteiger charge is 2.20. The lowest BCUT2D eigenvalue weighted by molar-refractivity contribution is -0.120. The van der Waals surface area contributed by atoms with Crippen LogP contribution < -0.4 is 15.4 Å². The van der Waals surface area contributed by atoms with Crippen molar-refractivity contribution in [1.82, 2.24) is 10.6 Å². The molecule has 1 fully saturated rings. The normalized spacial score (nSPS) is 14.2. The summed E-state index contributed by atoms with van der Waals surface area (Å²) in [6, 6.07) is 5.98. The summed E-state index contributed by atoms with van der Waals surface area (Å²) in [6.07, 6.45) is 2.61. The SMILES string of the molecule is COc1cc(CNC(=O)CNCC2CC2)ccc1C. The van der Waals surface area contributed by atoms with E-state index in [0.29, 0.717) is 13.1 Å². The molecule has 0 aliphatic heterocycles. The molecule has 104 valence electrons. The van der Waals surface area contributed by atoms with Crippen molar-refractivity contribution in [2.75, 3.05) is 20.2 Å². The fourth-order valence-corrected chi connectivity index (χ4v) is 1.95. The van der Waals surface area contributed by atoms with Crippen LogP contribution in [0.3, 0.4) is 0 Å². The highest BCUT2D eigenvalue weighted by molar-refractivity contribution is 5.77. The van der Waals surface area contributed by atoms with E-state index in [1.165, 1.54) is 12.8 Å². The Morgan fingerprint density at radius 3 is 2.89 bits per heavy atom. The predicted octanol–water partition coefficient (Wildman–Crippen LogP) is 1.62. The van der Waals surface area contributed by atoms with Crippen molar-refractivity contribution in [1.29, 1.82) is 0 Å². The van der Waals surface area contributed by atoms with Crippen LogP contribution in [-0.4, -0.2) is 26.1 Å². The third-order valence-electron chi connectivity index (χ3n) is 3.38. The predicted molar refractivity (Wildman–Crippen MR) is 75.2 cm³/mol. The molecule has 0 bridgehead atoms. The zero-order valence-electron chi connectivity index (χ0n) is 11.7. The number of aryl methyl sites for hydroxylation is 1. The molecule has 0 saturated heterocycles. The van der Waals surface area contributed by atoms with Gasteiger partial charge in [-0.1, -0.05) is 12.1 Å². The molecule has 0 spiro atoms. The van der Waals surface area contributed by atoms with Crippen LogP contribution in [0, 0.1) is 12.8 Å². The molecule has 1 aromatic carbocycles. The number of nitrogens with one attached hydrogen (secondary N) is 2. The quantitative estimate of drug-likeness (QED) is 0.785. The van der Waals surface area contributed by atoms with Crippen molar-refractivity contribution in [2.45, 2.75) is 26.3 Å². The van der Waals surface area contributed by atoms with Crippen molar-refractivity contribution >= 4 is 5.91 Å². The highest BCUT2D eigenvalue weighted by Crippen LogP contribution is 2.27. The molecule has 4 nitrogen and oxygen atoms in total. The minimum atomic E-state index is 0.0418. The van der Waals surface area contributed by atoms with E-state index in [-0.39, 0.29) is 5.91 Å². The maximum Gasteiger partial charge on any atom is 0.234 e. The van der Waals surface area contributed by atoms with Crippen LogP contribution in [0.15, 0.2) is 18.2 Å². The first-order valence-corrected chi connectivity index (χ1v) is 6.80. The van der Waals surface area contributed by atoms with E-state index in [1.807, 2.05) is 25.1 Å². The molecule has 1 saturated carbocycles. The zero-order chi connectivity index (χ0) is 13.7. The number of carbonyl (C=O) groups excluding carboxylic acids is 1. The van der Waals surface area contributed by atoms with Gasteiger partial charge in [-0.15, -0.1) is 0 Å². The monoisotopic (exact) mass is 262 g/mol. The van der Waals surface area contributed by atoms with Gasteiger partial charge < -0.3 is 15.4 Å². The van der Waals surface area contributed by atoms with Gasteiger partial charge in [0.15, 0.2) is 0 Å². The van der Waals surface area contributed by atoms with E-state index in [4.69, 9.17) is 4.74 Å². The Bertz CT molecular complexity index is 442. The fraction of sp³-hybridized carbons (Fsp3) is 0.533. The Kier molecular flexibility index (Phi) is 4.80. The molecule has 0 atom stereocenters. The van der Waals surface area contributed by atoms with Crippen LogP contribution >= 0.6 is 0 Å². The average molecular weight is 262 g/mol. The molecule has 1 amide bonds. The maximum absolute atomic E-state index is 11.6. The molecular formula is C15H22N2O2. The van der Waals surface area contributed by atoms with E-state index < -0.39 is 0 Å². The van der Waals surface area contributed by atoms with Crippen molar-refractivity contribution in [3.63, 3.8) is 0 Å². The number of rotatable bonds is 7. The third kappa shape index (κ3) is 4.56. The first-order valence-electron chi connectivity index (χ1n) is 6.80. The molecular weight excluding hydrogens is 240 g/mol. The Balaban J connectivity index is 1.72. The lowest BCUT2D eigenvalue weighted by atomic mass is 10.1. The van der Waals surface area contributed by atoms with E-state index in [0.717, 1.165) is 29.3 Å². The number of carbonyl (C=O) groups is 1. The van der Waals surface area contributed by atoms with Gasteiger partial charge in [-0.2, -0.15) is 0 Å². The number of benzene rings is 1. The molecule has 1 aliphatic carbocycles. The second-order valence-electron chi connectivity index (χ2n) is 5.15. The van der Waals surface area contributed by atoms with Gasteiger partial charge in [0.2, 0.25) is 5.91 Å². The molecule has 1 aliphatic rings. The van der Waals surface area contributed by atoms with Crippen LogP contribution in [0.4, 0.5) is 0 Å². The fourth-order valence-electron chi connectivity index (χ4n) is 1.95. The topological polar surface area (TPSA) is 50.4 Å². The summed E-state index contributed by atoms with van der Waals surface area (Å²) in [7, 11) is 1.66. The summed E-state index contributed by atoms with van der Waals surface area (Å²) in [5, 5.41) is 6.09. The number of amides is 1. The van der Waals surface area contributed by atoms with Crippen molar-refractivity contribution in [2.24, 2.45) is 5.92 Å². The molecule has 4 heteroatoms. The van der Waals surface area contributed by atoms with Gasteiger partial charge in [-0.05, 0) is 49.4 Å². The van der Waals surface area contributed by atoms with Gasteiger partial charge in [0, 0.05) is 6.54 Å². The van der Waals surface area contributed by atoms with Crippen molar-refractivity contribution in [3.05, 3.63) is 29.3 Å². The summed E-state index contributed by atoms with van der Waals surface area (Å²) in [4.78, 5) is 11.6. The average Bonchev–Trinajstić information content (AvgIpc) is 3.22. The van der Waals surface area contributed by atoms with Gasteiger partial charge in [-0.25, -0.2) is 0 Å². The summed E-state index contributed by atoms with van der Waals surface area (Å²) in [5.41, 5.74) is 2.15. The van der Waals surface area contributed by atoms with Crippen LogP contribution in [0.1, 0.15) is 24.0 Å². The van der Waals surface area contributed by atoms with Crippen LogP contribution in [0.2, 0.25) is 0 Å². The molecule has 2 N–H and O–H groups in total. The molecule has 1 aromatic rings. The Labute approximate surface area is 114 Å². The second-order valence-corrected chi connectivity index (χ2v) is 5.15. The highest BCUT2D eigenvalue weighted by atomic mass is 16.5. The Hall–Kier alpha value is -1.55. The van der Waals surface area contributed by atoms with Gasteiger partial charge in [0.25, 0.3) is 0 Å². The van der Waals surface area contributed by atoms with Crippen molar-refractivity contribution < 1.29 is 9.53 Å². The van der Waals surface area contributed by atoms with E-state index >= 15 is 0 Å². The van der Waals surface area contributed by atoms with Crippen LogP contribution in [-0.2, 0) is 11.3 Å². The first-order chi connectivity index (χ1) is 9.19. The van der Waals surface area contributed by atoms with Gasteiger partial charge in [0.05, 0.1) is 13.7 Å². The second kappa shape index (κ2) is 6.57. The van der Waals surface area contributed by atoms with Gasteiger partial charge >= 0.3 is 0 Å². The molecule has 19 heavy (non-hydrogen) atoms. The van der Waals surface area contributed by atoms with E-state index in [9.17, 15) is 4.79 Å². The minimum absolute atomic E-state index is 0.0418. The third-order valence-corrected chi connectivity index (χ3v) is 3.38. The summed E-state index contributed by atoms with van der Waals surface area (Å²) < 4.78 is 5.27. The van der Waals surface area contributed by atoms with Gasteiger partial charge in [0.1, 0.15) is 5.75 Å².